The fraction of sp³-hybridized carbons (Fsp3) is 0.536. The zero-order valence-electron chi connectivity index (χ0n) is 21.4. The molecule has 3 aliphatic rings. The molecule has 4 heterocycles. The van der Waals surface area contributed by atoms with E-state index < -0.39 is 0 Å². The van der Waals surface area contributed by atoms with E-state index in [0.29, 0.717) is 30.3 Å². The first kappa shape index (κ1) is 23.3. The molecule has 190 valence electrons. The van der Waals surface area contributed by atoms with Crippen LogP contribution in [0.5, 0.6) is 11.5 Å². The maximum absolute atomic E-state index is 6.26. The Balaban J connectivity index is 1.25. The van der Waals surface area contributed by atoms with Crippen molar-refractivity contribution in [2.75, 3.05) is 25.1 Å². The standard InChI is InChI=1S/C28H35N5O3/c1-27(2,3)31-20-8-9-22(29-16-20)25-30-26(19-14-28(15-19)10-12-34-13-11-28)33(32-25)17-21-18-35-23-6-4-5-7-24(23)36-21/h4-9,16,19,21,31H,10-15,17-18H2,1-3H3. The highest BCUT2D eigenvalue weighted by Crippen LogP contribution is 2.56. The van der Waals surface area contributed by atoms with Crippen LogP contribution in [0.25, 0.3) is 11.5 Å². The van der Waals surface area contributed by atoms with Crippen molar-refractivity contribution in [3.8, 4) is 23.0 Å². The number of para-hydroxylation sites is 2. The maximum atomic E-state index is 6.26. The van der Waals surface area contributed by atoms with Gasteiger partial charge in [0.1, 0.15) is 18.1 Å². The fourth-order valence-electron chi connectivity index (χ4n) is 5.66. The van der Waals surface area contributed by atoms with Gasteiger partial charge in [0.25, 0.3) is 0 Å². The van der Waals surface area contributed by atoms with Crippen LogP contribution in [0.4, 0.5) is 5.69 Å². The molecule has 36 heavy (non-hydrogen) atoms. The number of anilines is 1. The third-order valence-corrected chi connectivity index (χ3v) is 7.43. The molecule has 2 fully saturated rings. The van der Waals surface area contributed by atoms with Gasteiger partial charge in [-0.15, -0.1) is 5.10 Å². The van der Waals surface area contributed by atoms with Gasteiger partial charge in [-0.3, -0.25) is 4.98 Å². The lowest BCUT2D eigenvalue weighted by Crippen LogP contribution is -2.42. The van der Waals surface area contributed by atoms with Crippen LogP contribution >= 0.6 is 0 Å². The Hall–Kier alpha value is -3.13. The minimum atomic E-state index is -0.128. The average Bonchev–Trinajstić information content (AvgIpc) is 3.25. The summed E-state index contributed by atoms with van der Waals surface area (Å²) in [5, 5.41) is 8.39. The highest BCUT2D eigenvalue weighted by atomic mass is 16.6. The number of pyridine rings is 1. The molecule has 1 N–H and O–H groups in total. The Morgan fingerprint density at radius 1 is 1.06 bits per heavy atom. The minimum absolute atomic E-state index is 0.0266. The van der Waals surface area contributed by atoms with Gasteiger partial charge in [-0.2, -0.15) is 0 Å². The van der Waals surface area contributed by atoms with Crippen molar-refractivity contribution in [1.82, 2.24) is 19.7 Å². The Labute approximate surface area is 212 Å². The SMILES string of the molecule is CC(C)(C)Nc1ccc(-c2nc(C3CC4(CCOCC4)C3)n(CC3COc4ccccc4O3)n2)nc1. The molecule has 6 rings (SSSR count). The van der Waals surface area contributed by atoms with Gasteiger partial charge in [-0.05, 0) is 76.1 Å². The van der Waals surface area contributed by atoms with E-state index in [1.807, 2.05) is 47.3 Å². The molecule has 1 spiro atoms. The Morgan fingerprint density at radius 2 is 1.83 bits per heavy atom. The maximum Gasteiger partial charge on any atom is 0.200 e. The van der Waals surface area contributed by atoms with Gasteiger partial charge in [0, 0.05) is 24.7 Å². The Kier molecular flexibility index (Phi) is 5.86. The van der Waals surface area contributed by atoms with Crippen molar-refractivity contribution in [1.29, 1.82) is 0 Å². The topological polar surface area (TPSA) is 83.3 Å². The van der Waals surface area contributed by atoms with Gasteiger partial charge in [0.2, 0.25) is 0 Å². The fourth-order valence-corrected chi connectivity index (χ4v) is 5.66. The molecule has 3 aromatic rings. The lowest BCUT2D eigenvalue weighted by molar-refractivity contribution is -0.0422. The van der Waals surface area contributed by atoms with Crippen molar-refractivity contribution in [3.63, 3.8) is 0 Å². The summed E-state index contributed by atoms with van der Waals surface area (Å²) in [5.74, 6) is 3.66. The first-order valence-electron chi connectivity index (χ1n) is 13.0. The summed E-state index contributed by atoms with van der Waals surface area (Å²) in [6.07, 6.45) is 6.30. The van der Waals surface area contributed by atoms with E-state index in [2.05, 4.69) is 31.1 Å². The third kappa shape index (κ3) is 4.78. The number of ether oxygens (including phenoxy) is 3. The Morgan fingerprint density at radius 3 is 2.56 bits per heavy atom. The summed E-state index contributed by atoms with van der Waals surface area (Å²) < 4.78 is 19.9. The van der Waals surface area contributed by atoms with Crippen LogP contribution in [0.2, 0.25) is 0 Å². The van der Waals surface area contributed by atoms with Crippen LogP contribution in [-0.2, 0) is 11.3 Å². The van der Waals surface area contributed by atoms with Gasteiger partial charge in [0.05, 0.1) is 18.4 Å². The van der Waals surface area contributed by atoms with Crippen molar-refractivity contribution < 1.29 is 14.2 Å². The number of hydrogen-bond acceptors (Lipinski definition) is 7. The predicted octanol–water partition coefficient (Wildman–Crippen LogP) is 5.06. The molecule has 0 bridgehead atoms. The quantitative estimate of drug-likeness (QED) is 0.536. The number of nitrogens with zero attached hydrogens (tertiary/aromatic N) is 4. The first-order chi connectivity index (χ1) is 17.4. The summed E-state index contributed by atoms with van der Waals surface area (Å²) >= 11 is 0. The normalized spacial score (nSPS) is 21.2. The van der Waals surface area contributed by atoms with Crippen molar-refractivity contribution in [2.24, 2.45) is 5.41 Å². The molecule has 8 nitrogen and oxygen atoms in total. The second-order valence-electron chi connectivity index (χ2n) is 11.5. The summed E-state index contributed by atoms with van der Waals surface area (Å²) in [6.45, 7) is 9.23. The van der Waals surface area contributed by atoms with Gasteiger partial charge in [0.15, 0.2) is 23.4 Å². The van der Waals surface area contributed by atoms with Crippen LogP contribution in [0.3, 0.4) is 0 Å². The Bertz CT molecular complexity index is 1200. The molecule has 2 aliphatic heterocycles. The van der Waals surface area contributed by atoms with E-state index in [4.69, 9.17) is 24.3 Å². The molecule has 1 aliphatic carbocycles. The van der Waals surface area contributed by atoms with Crippen molar-refractivity contribution in [2.45, 2.75) is 70.6 Å². The zero-order chi connectivity index (χ0) is 24.8. The van der Waals surface area contributed by atoms with E-state index in [-0.39, 0.29) is 11.6 Å². The lowest BCUT2D eigenvalue weighted by Gasteiger charge is -2.49. The number of nitrogens with one attached hydrogen (secondary N) is 1. The summed E-state index contributed by atoms with van der Waals surface area (Å²) in [6, 6.07) is 11.9. The number of hydrogen-bond donors (Lipinski definition) is 1. The van der Waals surface area contributed by atoms with Gasteiger partial charge >= 0.3 is 0 Å². The van der Waals surface area contributed by atoms with E-state index in [0.717, 1.165) is 67.6 Å². The van der Waals surface area contributed by atoms with Gasteiger partial charge in [-0.1, -0.05) is 12.1 Å². The van der Waals surface area contributed by atoms with Gasteiger partial charge in [-0.25, -0.2) is 9.67 Å². The summed E-state index contributed by atoms with van der Waals surface area (Å²) in [4.78, 5) is 9.71. The van der Waals surface area contributed by atoms with E-state index in [1.165, 1.54) is 0 Å². The van der Waals surface area contributed by atoms with Crippen LogP contribution in [0.1, 0.15) is 58.2 Å². The molecular formula is C28H35N5O3. The first-order valence-corrected chi connectivity index (χ1v) is 13.0. The molecule has 2 aromatic heterocycles. The van der Waals surface area contributed by atoms with Crippen LogP contribution < -0.4 is 14.8 Å². The van der Waals surface area contributed by atoms with E-state index in [1.54, 1.807) is 0 Å². The highest BCUT2D eigenvalue weighted by molar-refractivity contribution is 5.54. The predicted molar refractivity (Wildman–Crippen MR) is 137 cm³/mol. The van der Waals surface area contributed by atoms with Crippen LogP contribution in [0, 0.1) is 5.41 Å². The number of aromatic nitrogens is 4. The molecule has 1 saturated heterocycles. The summed E-state index contributed by atoms with van der Waals surface area (Å²) in [5.41, 5.74) is 2.14. The van der Waals surface area contributed by atoms with Crippen molar-refractivity contribution >= 4 is 5.69 Å². The lowest BCUT2D eigenvalue weighted by atomic mass is 9.58. The third-order valence-electron chi connectivity index (χ3n) is 7.43. The molecule has 0 amide bonds. The second kappa shape index (κ2) is 9.07. The van der Waals surface area contributed by atoms with Crippen molar-refractivity contribution in [3.05, 3.63) is 48.4 Å². The second-order valence-corrected chi connectivity index (χ2v) is 11.5. The largest absolute Gasteiger partial charge is 0.486 e. The molecule has 8 heteroatoms. The monoisotopic (exact) mass is 489 g/mol. The minimum Gasteiger partial charge on any atom is -0.486 e. The summed E-state index contributed by atoms with van der Waals surface area (Å²) in [7, 11) is 0. The average molecular weight is 490 g/mol. The molecule has 0 radical (unpaired) electrons. The molecule has 1 aromatic carbocycles. The van der Waals surface area contributed by atoms with Gasteiger partial charge < -0.3 is 19.5 Å². The molecule has 1 unspecified atom stereocenters. The zero-order valence-corrected chi connectivity index (χ0v) is 21.4. The van der Waals surface area contributed by atoms with Crippen LogP contribution in [0.15, 0.2) is 42.6 Å². The van der Waals surface area contributed by atoms with E-state index >= 15 is 0 Å². The smallest absolute Gasteiger partial charge is 0.200 e. The van der Waals surface area contributed by atoms with Crippen LogP contribution in [-0.4, -0.2) is 51.2 Å². The molecular weight excluding hydrogens is 454 g/mol. The van der Waals surface area contributed by atoms with E-state index in [9.17, 15) is 0 Å². The molecule has 1 saturated carbocycles. The number of rotatable bonds is 5. The highest BCUT2D eigenvalue weighted by Gasteiger charge is 2.47. The number of benzene rings is 1. The molecule has 1 atom stereocenters. The number of fused-ring (bicyclic) bond motifs is 1.